The van der Waals surface area contributed by atoms with E-state index in [0.29, 0.717) is 0 Å². The SMILES string of the molecule is c1ccc(-c2cccc(N(c3ccc(-c4ccc5ccc6c7ccccc7ccc6c5c4)cc3)c3ccc4c(c3)oc3c5ccccc5ccc43)c2)cc1. The van der Waals surface area contributed by atoms with Crippen molar-refractivity contribution in [1.29, 1.82) is 0 Å². The van der Waals surface area contributed by atoms with Crippen LogP contribution in [0, 0.1) is 0 Å². The highest BCUT2D eigenvalue weighted by Crippen LogP contribution is 2.42. The van der Waals surface area contributed by atoms with E-state index < -0.39 is 0 Å². The maximum Gasteiger partial charge on any atom is 0.143 e. The minimum Gasteiger partial charge on any atom is -0.455 e. The topological polar surface area (TPSA) is 16.4 Å². The molecule has 1 aromatic heterocycles. The maximum absolute atomic E-state index is 6.66. The molecule has 0 unspecified atom stereocenters. The van der Waals surface area contributed by atoms with Crippen LogP contribution in [0.3, 0.4) is 0 Å². The van der Waals surface area contributed by atoms with Gasteiger partial charge in [-0.2, -0.15) is 0 Å². The summed E-state index contributed by atoms with van der Waals surface area (Å²) in [5.74, 6) is 0. The molecular formula is C52H33NO. The van der Waals surface area contributed by atoms with E-state index in [2.05, 4.69) is 205 Å². The minimum atomic E-state index is 0.871. The Morgan fingerprint density at radius 2 is 0.815 bits per heavy atom. The molecule has 2 nitrogen and oxygen atoms in total. The third-order valence-corrected chi connectivity index (χ3v) is 11.0. The predicted octanol–water partition coefficient (Wildman–Crippen LogP) is 15.0. The van der Waals surface area contributed by atoms with E-state index in [9.17, 15) is 0 Å². The number of furan rings is 1. The van der Waals surface area contributed by atoms with E-state index in [1.807, 2.05) is 0 Å². The largest absolute Gasteiger partial charge is 0.455 e. The molecule has 0 aliphatic rings. The van der Waals surface area contributed by atoms with Crippen molar-refractivity contribution in [3.05, 3.63) is 200 Å². The number of anilines is 3. The van der Waals surface area contributed by atoms with Crippen molar-refractivity contribution in [1.82, 2.24) is 0 Å². The Labute approximate surface area is 312 Å². The van der Waals surface area contributed by atoms with Crippen LogP contribution >= 0.6 is 0 Å². The molecule has 0 N–H and O–H groups in total. The molecule has 54 heavy (non-hydrogen) atoms. The van der Waals surface area contributed by atoms with E-state index in [1.165, 1.54) is 60.0 Å². The van der Waals surface area contributed by atoms with Gasteiger partial charge in [-0.05, 0) is 108 Å². The van der Waals surface area contributed by atoms with Crippen molar-refractivity contribution in [2.75, 3.05) is 4.90 Å². The first kappa shape index (κ1) is 30.5. The lowest BCUT2D eigenvalue weighted by molar-refractivity contribution is 0.672. The Balaban J connectivity index is 1.04. The molecule has 0 bridgehead atoms. The summed E-state index contributed by atoms with van der Waals surface area (Å²) in [4.78, 5) is 2.33. The van der Waals surface area contributed by atoms with Gasteiger partial charge in [0.2, 0.25) is 0 Å². The molecule has 0 aliphatic heterocycles. The molecule has 2 heteroatoms. The van der Waals surface area contributed by atoms with Gasteiger partial charge in [0.05, 0.1) is 0 Å². The number of rotatable bonds is 5. The Kier molecular flexibility index (Phi) is 6.90. The quantitative estimate of drug-likeness (QED) is 0.168. The molecule has 0 saturated heterocycles. The van der Waals surface area contributed by atoms with Crippen molar-refractivity contribution in [2.45, 2.75) is 0 Å². The lowest BCUT2D eigenvalue weighted by atomic mass is 9.94. The predicted molar refractivity (Wildman–Crippen MR) is 229 cm³/mol. The van der Waals surface area contributed by atoms with Crippen molar-refractivity contribution < 1.29 is 4.42 Å². The van der Waals surface area contributed by atoms with Gasteiger partial charge in [-0.25, -0.2) is 0 Å². The van der Waals surface area contributed by atoms with Gasteiger partial charge in [0, 0.05) is 39.3 Å². The van der Waals surface area contributed by atoms with Gasteiger partial charge < -0.3 is 9.32 Å². The van der Waals surface area contributed by atoms with Gasteiger partial charge in [-0.3, -0.25) is 0 Å². The molecule has 0 fully saturated rings. The summed E-state index contributed by atoms with van der Waals surface area (Å²) in [6.07, 6.45) is 0. The highest BCUT2D eigenvalue weighted by molar-refractivity contribution is 6.18. The van der Waals surface area contributed by atoms with Crippen LogP contribution in [0.5, 0.6) is 0 Å². The summed E-state index contributed by atoms with van der Waals surface area (Å²) in [5.41, 5.74) is 9.72. The summed E-state index contributed by atoms with van der Waals surface area (Å²) in [7, 11) is 0. The lowest BCUT2D eigenvalue weighted by Gasteiger charge is -2.26. The number of nitrogens with zero attached hydrogens (tertiary/aromatic N) is 1. The summed E-state index contributed by atoms with van der Waals surface area (Å²) >= 11 is 0. The van der Waals surface area contributed by atoms with Crippen molar-refractivity contribution in [3.63, 3.8) is 0 Å². The van der Waals surface area contributed by atoms with Crippen LogP contribution in [-0.2, 0) is 0 Å². The van der Waals surface area contributed by atoms with Gasteiger partial charge in [0.1, 0.15) is 11.2 Å². The van der Waals surface area contributed by atoms with Gasteiger partial charge >= 0.3 is 0 Å². The second-order valence-corrected chi connectivity index (χ2v) is 14.1. The minimum absolute atomic E-state index is 0.871. The zero-order valence-corrected chi connectivity index (χ0v) is 29.4. The fraction of sp³-hybridized carbons (Fsp3) is 0. The Morgan fingerprint density at radius 1 is 0.278 bits per heavy atom. The number of hydrogen-bond acceptors (Lipinski definition) is 2. The van der Waals surface area contributed by atoms with Crippen LogP contribution in [0.4, 0.5) is 17.1 Å². The average Bonchev–Trinajstić information content (AvgIpc) is 3.63. The molecule has 0 spiro atoms. The molecule has 10 aromatic carbocycles. The molecule has 11 aromatic rings. The van der Waals surface area contributed by atoms with Crippen molar-refractivity contribution >= 4 is 82.1 Å². The second-order valence-electron chi connectivity index (χ2n) is 14.1. The zero-order chi connectivity index (χ0) is 35.6. The zero-order valence-electron chi connectivity index (χ0n) is 29.4. The van der Waals surface area contributed by atoms with Crippen LogP contribution < -0.4 is 4.90 Å². The normalized spacial score (nSPS) is 11.7. The van der Waals surface area contributed by atoms with Crippen LogP contribution in [0.25, 0.3) is 87.3 Å². The van der Waals surface area contributed by atoms with E-state index in [-0.39, 0.29) is 0 Å². The lowest BCUT2D eigenvalue weighted by Crippen LogP contribution is -2.10. The van der Waals surface area contributed by atoms with Gasteiger partial charge in [0.25, 0.3) is 0 Å². The van der Waals surface area contributed by atoms with Crippen LogP contribution in [0.1, 0.15) is 0 Å². The maximum atomic E-state index is 6.66. The highest BCUT2D eigenvalue weighted by Gasteiger charge is 2.18. The summed E-state index contributed by atoms with van der Waals surface area (Å²) in [5, 5.41) is 12.2. The van der Waals surface area contributed by atoms with Crippen LogP contribution in [-0.4, -0.2) is 0 Å². The summed E-state index contributed by atoms with van der Waals surface area (Å²) in [6, 6.07) is 72.3. The molecule has 0 atom stereocenters. The molecule has 1 heterocycles. The van der Waals surface area contributed by atoms with Crippen LogP contribution in [0.15, 0.2) is 205 Å². The molecule has 252 valence electrons. The van der Waals surface area contributed by atoms with Gasteiger partial charge in [-0.1, -0.05) is 146 Å². The van der Waals surface area contributed by atoms with Gasteiger partial charge in [-0.15, -0.1) is 0 Å². The smallest absolute Gasteiger partial charge is 0.143 e. The fourth-order valence-corrected chi connectivity index (χ4v) is 8.33. The molecule has 0 amide bonds. The van der Waals surface area contributed by atoms with Crippen LogP contribution in [0.2, 0.25) is 0 Å². The third-order valence-electron chi connectivity index (χ3n) is 11.0. The first-order valence-electron chi connectivity index (χ1n) is 18.5. The number of fused-ring (bicyclic) bond motifs is 10. The van der Waals surface area contributed by atoms with E-state index >= 15 is 0 Å². The van der Waals surface area contributed by atoms with Crippen molar-refractivity contribution in [2.24, 2.45) is 0 Å². The molecule has 0 radical (unpaired) electrons. The van der Waals surface area contributed by atoms with Crippen molar-refractivity contribution in [3.8, 4) is 22.3 Å². The van der Waals surface area contributed by atoms with Gasteiger partial charge in [0.15, 0.2) is 0 Å². The third kappa shape index (κ3) is 4.96. The number of benzene rings is 10. The first-order valence-corrected chi connectivity index (χ1v) is 18.5. The average molecular weight is 688 g/mol. The second kappa shape index (κ2) is 12.2. The van der Waals surface area contributed by atoms with E-state index in [4.69, 9.17) is 4.42 Å². The fourth-order valence-electron chi connectivity index (χ4n) is 8.33. The van der Waals surface area contributed by atoms with E-state index in [0.717, 1.165) is 44.4 Å². The molecule has 11 rings (SSSR count). The Hall–Kier alpha value is -7.16. The summed E-state index contributed by atoms with van der Waals surface area (Å²) in [6.45, 7) is 0. The van der Waals surface area contributed by atoms with E-state index in [1.54, 1.807) is 0 Å². The monoisotopic (exact) mass is 687 g/mol. The number of hydrogen-bond donors (Lipinski definition) is 0. The Morgan fingerprint density at radius 3 is 1.63 bits per heavy atom. The first-order chi connectivity index (χ1) is 26.7. The highest BCUT2D eigenvalue weighted by atomic mass is 16.3. The standard InChI is InChI=1S/C52H33NO/c1-2-9-34(10-3-1)39-13-8-14-42(31-39)53(43-26-30-48-49-29-23-37-12-5-7-16-45(37)52(49)54-51(48)33-43)41-24-19-35(20-25-41)40-18-17-38-22-27-46-44-15-6-4-11-36(44)21-28-47(46)50(38)32-40/h1-33H. The molecule has 0 aliphatic carbocycles. The Bertz CT molecular complexity index is 3210. The summed E-state index contributed by atoms with van der Waals surface area (Å²) < 4.78 is 6.66. The molecule has 0 saturated carbocycles. The molecular weight excluding hydrogens is 655 g/mol.